The van der Waals surface area contributed by atoms with E-state index < -0.39 is 0 Å². The smallest absolute Gasteiger partial charge is 0.144 e. The van der Waals surface area contributed by atoms with Crippen molar-refractivity contribution in [1.82, 2.24) is 9.97 Å². The van der Waals surface area contributed by atoms with Crippen LogP contribution in [-0.2, 0) is 5.41 Å². The number of benzene rings is 1. The molecule has 1 N–H and O–H groups in total. The summed E-state index contributed by atoms with van der Waals surface area (Å²) >= 11 is 5.16. The molecule has 0 aliphatic heterocycles. The zero-order valence-corrected chi connectivity index (χ0v) is 14.5. The Balaban J connectivity index is 2.23. The number of nitrogens with zero attached hydrogens (tertiary/aromatic N) is 2. The fourth-order valence-electron chi connectivity index (χ4n) is 1.73. The molecule has 0 unspecified atom stereocenters. The number of halogens is 1. The molecule has 106 valence electrons. The molecule has 0 fully saturated rings. The van der Waals surface area contributed by atoms with E-state index in [0.717, 1.165) is 15.3 Å². The predicted octanol–water partition coefficient (Wildman–Crippen LogP) is 4.73. The van der Waals surface area contributed by atoms with Gasteiger partial charge < -0.3 is 5.32 Å². The summed E-state index contributed by atoms with van der Waals surface area (Å²) in [5.41, 5.74) is 1.51. The zero-order valence-electron chi connectivity index (χ0n) is 12.1. The van der Waals surface area contributed by atoms with Crippen LogP contribution < -0.4 is 5.32 Å². The highest BCUT2D eigenvalue weighted by molar-refractivity contribution is 9.10. The monoisotopic (exact) mass is 351 g/mol. The SMILES string of the molecule is CNc1ncnc(Sc2ccc(C(C)(C)C)cc2)c1Br. The van der Waals surface area contributed by atoms with Crippen molar-refractivity contribution in [2.45, 2.75) is 36.1 Å². The van der Waals surface area contributed by atoms with E-state index in [1.807, 2.05) is 7.05 Å². The third-order valence-corrected chi connectivity index (χ3v) is 4.95. The van der Waals surface area contributed by atoms with Gasteiger partial charge in [-0.25, -0.2) is 9.97 Å². The first-order chi connectivity index (χ1) is 9.41. The van der Waals surface area contributed by atoms with Crippen molar-refractivity contribution in [3.05, 3.63) is 40.6 Å². The zero-order chi connectivity index (χ0) is 14.8. The van der Waals surface area contributed by atoms with Crippen LogP contribution in [0.5, 0.6) is 0 Å². The minimum Gasteiger partial charge on any atom is -0.372 e. The van der Waals surface area contributed by atoms with E-state index in [9.17, 15) is 0 Å². The Labute approximate surface area is 132 Å². The summed E-state index contributed by atoms with van der Waals surface area (Å²) < 4.78 is 0.896. The summed E-state index contributed by atoms with van der Waals surface area (Å²) in [6.07, 6.45) is 1.57. The molecule has 0 saturated carbocycles. The first-order valence-electron chi connectivity index (χ1n) is 6.38. The number of aromatic nitrogens is 2. The Bertz CT molecular complexity index is 591. The van der Waals surface area contributed by atoms with Gasteiger partial charge in [0.25, 0.3) is 0 Å². The van der Waals surface area contributed by atoms with E-state index >= 15 is 0 Å². The van der Waals surface area contributed by atoms with Crippen molar-refractivity contribution in [2.24, 2.45) is 0 Å². The normalized spacial score (nSPS) is 11.4. The molecule has 0 amide bonds. The summed E-state index contributed by atoms with van der Waals surface area (Å²) in [6, 6.07) is 8.63. The predicted molar refractivity (Wildman–Crippen MR) is 88.5 cm³/mol. The van der Waals surface area contributed by atoms with E-state index in [0.29, 0.717) is 0 Å². The van der Waals surface area contributed by atoms with Gasteiger partial charge in [0.05, 0.1) is 4.47 Å². The average Bonchev–Trinajstić information content (AvgIpc) is 2.41. The van der Waals surface area contributed by atoms with Gasteiger partial charge in [0.2, 0.25) is 0 Å². The van der Waals surface area contributed by atoms with Crippen LogP contribution in [0, 0.1) is 0 Å². The third kappa shape index (κ3) is 3.52. The Morgan fingerprint density at radius 2 is 1.75 bits per heavy atom. The summed E-state index contributed by atoms with van der Waals surface area (Å²) in [4.78, 5) is 9.65. The second-order valence-electron chi connectivity index (χ2n) is 5.47. The molecule has 0 saturated heterocycles. The van der Waals surface area contributed by atoms with Gasteiger partial charge in [0, 0.05) is 11.9 Å². The summed E-state index contributed by atoms with van der Waals surface area (Å²) in [5.74, 6) is 0.800. The van der Waals surface area contributed by atoms with Gasteiger partial charge in [-0.1, -0.05) is 44.7 Å². The van der Waals surface area contributed by atoms with Crippen molar-refractivity contribution in [3.8, 4) is 0 Å². The molecule has 2 aromatic rings. The molecule has 0 aliphatic carbocycles. The van der Waals surface area contributed by atoms with Crippen LogP contribution in [0.3, 0.4) is 0 Å². The molecule has 0 atom stereocenters. The minimum atomic E-state index is 0.179. The maximum Gasteiger partial charge on any atom is 0.144 e. The van der Waals surface area contributed by atoms with Crippen LogP contribution in [0.15, 0.2) is 45.0 Å². The molecule has 5 heteroatoms. The minimum absolute atomic E-state index is 0.179. The lowest BCUT2D eigenvalue weighted by molar-refractivity contribution is 0.590. The van der Waals surface area contributed by atoms with Crippen LogP contribution in [0.2, 0.25) is 0 Å². The summed E-state index contributed by atoms with van der Waals surface area (Å²) in [6.45, 7) is 6.65. The number of rotatable bonds is 3. The van der Waals surface area contributed by atoms with Gasteiger partial charge in [-0.2, -0.15) is 0 Å². The lowest BCUT2D eigenvalue weighted by atomic mass is 9.87. The van der Waals surface area contributed by atoms with E-state index in [4.69, 9.17) is 0 Å². The highest BCUT2D eigenvalue weighted by Crippen LogP contribution is 2.35. The fraction of sp³-hybridized carbons (Fsp3) is 0.333. The van der Waals surface area contributed by atoms with Crippen LogP contribution >= 0.6 is 27.7 Å². The Kier molecular flexibility index (Phi) is 4.70. The highest BCUT2D eigenvalue weighted by Gasteiger charge is 2.14. The molecule has 1 aromatic carbocycles. The Morgan fingerprint density at radius 1 is 1.10 bits per heavy atom. The van der Waals surface area contributed by atoms with Gasteiger partial charge >= 0.3 is 0 Å². The van der Waals surface area contributed by atoms with Crippen molar-refractivity contribution in [1.29, 1.82) is 0 Å². The number of hydrogen-bond donors (Lipinski definition) is 1. The van der Waals surface area contributed by atoms with Gasteiger partial charge in [-0.05, 0) is 39.0 Å². The molecule has 0 aliphatic rings. The van der Waals surface area contributed by atoms with E-state index in [1.165, 1.54) is 10.5 Å². The molecule has 1 heterocycles. The van der Waals surface area contributed by atoms with E-state index in [2.05, 4.69) is 76.3 Å². The highest BCUT2D eigenvalue weighted by atomic mass is 79.9. The molecule has 3 nitrogen and oxygen atoms in total. The molecule has 2 rings (SSSR count). The van der Waals surface area contributed by atoms with Gasteiger partial charge in [0.15, 0.2) is 0 Å². The second kappa shape index (κ2) is 6.14. The number of anilines is 1. The third-order valence-electron chi connectivity index (χ3n) is 2.93. The average molecular weight is 352 g/mol. The molecule has 20 heavy (non-hydrogen) atoms. The van der Waals surface area contributed by atoms with Crippen LogP contribution in [0.1, 0.15) is 26.3 Å². The largest absolute Gasteiger partial charge is 0.372 e. The summed E-state index contributed by atoms with van der Waals surface area (Å²) in [7, 11) is 1.85. The first-order valence-corrected chi connectivity index (χ1v) is 7.99. The van der Waals surface area contributed by atoms with Crippen molar-refractivity contribution >= 4 is 33.5 Å². The second-order valence-corrected chi connectivity index (χ2v) is 7.32. The lowest BCUT2D eigenvalue weighted by Gasteiger charge is -2.19. The maximum atomic E-state index is 4.32. The number of hydrogen-bond acceptors (Lipinski definition) is 4. The lowest BCUT2D eigenvalue weighted by Crippen LogP contribution is -2.10. The van der Waals surface area contributed by atoms with E-state index in [-0.39, 0.29) is 5.41 Å². The van der Waals surface area contributed by atoms with Gasteiger partial charge in [-0.3, -0.25) is 0 Å². The molecule has 0 spiro atoms. The maximum absolute atomic E-state index is 4.32. The molecular weight excluding hydrogens is 334 g/mol. The van der Waals surface area contributed by atoms with E-state index in [1.54, 1.807) is 18.1 Å². The summed E-state index contributed by atoms with van der Waals surface area (Å²) in [5, 5.41) is 3.95. The van der Waals surface area contributed by atoms with Crippen molar-refractivity contribution < 1.29 is 0 Å². The van der Waals surface area contributed by atoms with Gasteiger partial charge in [-0.15, -0.1) is 0 Å². The van der Waals surface area contributed by atoms with Crippen LogP contribution in [0.25, 0.3) is 0 Å². The first kappa shape index (κ1) is 15.3. The number of nitrogens with one attached hydrogen (secondary N) is 1. The standard InChI is InChI=1S/C15H18BrN3S/c1-15(2,3)10-5-7-11(8-6-10)20-14-12(16)13(17-4)18-9-19-14/h5-9H,1-4H3,(H,17,18,19). The topological polar surface area (TPSA) is 37.8 Å². The molecular formula is C15H18BrN3S. The van der Waals surface area contributed by atoms with Crippen LogP contribution in [-0.4, -0.2) is 17.0 Å². The Morgan fingerprint density at radius 3 is 2.30 bits per heavy atom. The van der Waals surface area contributed by atoms with Gasteiger partial charge in [0.1, 0.15) is 17.2 Å². The molecule has 0 bridgehead atoms. The Hall–Kier alpha value is -1.07. The van der Waals surface area contributed by atoms with Crippen molar-refractivity contribution in [3.63, 3.8) is 0 Å². The fourth-order valence-corrected chi connectivity index (χ4v) is 3.16. The molecule has 0 radical (unpaired) electrons. The molecule has 1 aromatic heterocycles. The van der Waals surface area contributed by atoms with Crippen LogP contribution in [0.4, 0.5) is 5.82 Å². The quantitative estimate of drug-likeness (QED) is 0.811. The van der Waals surface area contributed by atoms with Crippen molar-refractivity contribution in [2.75, 3.05) is 12.4 Å².